The molecule has 0 aliphatic heterocycles. The molecule has 0 heterocycles. The maximum absolute atomic E-state index is 12.8. The van der Waals surface area contributed by atoms with E-state index < -0.39 is 16.0 Å². The first-order valence-electron chi connectivity index (χ1n) is 9.51. The fraction of sp³-hybridized carbons (Fsp3) is 0.550. The molecule has 0 aromatic heterocycles. The minimum atomic E-state index is -3.52. The van der Waals surface area contributed by atoms with Gasteiger partial charge in [0.1, 0.15) is 0 Å². The maximum Gasteiger partial charge on any atom is 0.303 e. The number of hydrogen-bond donors (Lipinski definition) is 2. The summed E-state index contributed by atoms with van der Waals surface area (Å²) in [6.45, 7) is 0. The van der Waals surface area contributed by atoms with E-state index in [2.05, 4.69) is 32.8 Å². The van der Waals surface area contributed by atoms with E-state index in [9.17, 15) is 13.2 Å². The van der Waals surface area contributed by atoms with E-state index in [1.807, 2.05) is 0 Å². The quantitative estimate of drug-likeness (QED) is 0.450. The van der Waals surface area contributed by atoms with Gasteiger partial charge in [-0.1, -0.05) is 34.5 Å². The number of carboxylic acid groups (broad SMARTS) is 1. The summed E-state index contributed by atoms with van der Waals surface area (Å²) in [6, 6.07) is 6.69. The van der Waals surface area contributed by atoms with E-state index in [0.717, 1.165) is 30.2 Å². The molecule has 1 aromatic rings. The Bertz CT molecular complexity index is 791. The summed E-state index contributed by atoms with van der Waals surface area (Å²) in [5.41, 5.74) is 0. The monoisotopic (exact) mass is 455 g/mol. The van der Waals surface area contributed by atoms with Crippen LogP contribution in [0.5, 0.6) is 0 Å². The number of unbranched alkanes of at least 4 members (excludes halogenated alkanes) is 1. The minimum absolute atomic E-state index is 0.0279. The van der Waals surface area contributed by atoms with Crippen LogP contribution in [-0.2, 0) is 14.8 Å². The van der Waals surface area contributed by atoms with Crippen molar-refractivity contribution in [2.24, 2.45) is 17.8 Å². The lowest BCUT2D eigenvalue weighted by molar-refractivity contribution is -0.137. The zero-order valence-electron chi connectivity index (χ0n) is 15.2. The summed E-state index contributed by atoms with van der Waals surface area (Å²) in [5.74, 6) is 0.486. The average Bonchev–Trinajstić information content (AvgIpc) is 2.61. The molecular weight excluding hydrogens is 430 g/mol. The fourth-order valence-electron chi connectivity index (χ4n) is 4.45. The molecule has 4 atom stereocenters. The molecule has 1 aromatic carbocycles. The summed E-state index contributed by atoms with van der Waals surface area (Å²) in [4.78, 5) is 10.9. The number of hydrogen-bond acceptors (Lipinski definition) is 3. The van der Waals surface area contributed by atoms with Crippen LogP contribution in [-0.4, -0.2) is 25.5 Å². The van der Waals surface area contributed by atoms with Crippen molar-refractivity contribution < 1.29 is 18.3 Å². The summed E-state index contributed by atoms with van der Waals surface area (Å²) < 4.78 is 29.3. The number of benzene rings is 1. The van der Waals surface area contributed by atoms with E-state index >= 15 is 0 Å². The molecule has 4 rings (SSSR count). The summed E-state index contributed by atoms with van der Waals surface area (Å²) in [5, 5.41) is 8.71. The standard InChI is InChI=1S/C20H26BrNO4S/c21-16-7-9-17(10-8-16)27(25,26)22-19-13-14-6-11-18(19)15(12-14)4-2-1-3-5-20(23)24/h2,4,7-10,14-15,18-19,22H,1,3,5-6,11-13H2,(H,23,24). The van der Waals surface area contributed by atoms with E-state index in [0.29, 0.717) is 29.1 Å². The summed E-state index contributed by atoms with van der Waals surface area (Å²) in [7, 11) is -3.52. The molecule has 2 N–H and O–H groups in total. The van der Waals surface area contributed by atoms with Gasteiger partial charge >= 0.3 is 5.97 Å². The molecule has 3 fully saturated rings. The van der Waals surface area contributed by atoms with Crippen LogP contribution in [0.4, 0.5) is 0 Å². The predicted octanol–water partition coefficient (Wildman–Crippen LogP) is 4.34. The lowest BCUT2D eigenvalue weighted by Crippen LogP contribution is -2.50. The van der Waals surface area contributed by atoms with Gasteiger partial charge in [0.15, 0.2) is 0 Å². The number of sulfonamides is 1. The third-order valence-corrected chi connectivity index (χ3v) is 7.78. The number of allylic oxidation sites excluding steroid dienone is 2. The highest BCUT2D eigenvalue weighted by Gasteiger charge is 2.42. The molecule has 5 nitrogen and oxygen atoms in total. The summed E-state index contributed by atoms with van der Waals surface area (Å²) >= 11 is 3.33. The normalized spacial score (nSPS) is 27.9. The number of rotatable bonds is 8. The Labute approximate surface area is 169 Å². The highest BCUT2D eigenvalue weighted by Crippen LogP contribution is 2.46. The number of carboxylic acids is 1. The molecule has 3 aliphatic carbocycles. The molecule has 3 saturated carbocycles. The zero-order valence-corrected chi connectivity index (χ0v) is 17.6. The highest BCUT2D eigenvalue weighted by molar-refractivity contribution is 9.10. The van der Waals surface area contributed by atoms with Crippen LogP contribution in [0.2, 0.25) is 0 Å². The minimum Gasteiger partial charge on any atom is -0.481 e. The van der Waals surface area contributed by atoms with Crippen molar-refractivity contribution in [1.82, 2.24) is 4.72 Å². The van der Waals surface area contributed by atoms with Gasteiger partial charge < -0.3 is 5.11 Å². The molecular formula is C20H26BrNO4S. The van der Waals surface area contributed by atoms with Gasteiger partial charge in [0.05, 0.1) is 4.90 Å². The van der Waals surface area contributed by atoms with Gasteiger partial charge in [-0.15, -0.1) is 0 Å². The number of halogens is 1. The van der Waals surface area contributed by atoms with Crippen LogP contribution in [0.25, 0.3) is 0 Å². The first-order chi connectivity index (χ1) is 12.8. The Morgan fingerprint density at radius 3 is 2.63 bits per heavy atom. The lowest BCUT2D eigenvalue weighted by atomic mass is 9.62. The van der Waals surface area contributed by atoms with Crippen molar-refractivity contribution in [2.75, 3.05) is 0 Å². The number of fused-ring (bicyclic) bond motifs is 3. The molecule has 0 radical (unpaired) electrons. The fourth-order valence-corrected chi connectivity index (χ4v) is 6.01. The molecule has 0 spiro atoms. The van der Waals surface area contributed by atoms with Gasteiger partial charge in [-0.05, 0) is 74.1 Å². The van der Waals surface area contributed by atoms with Crippen LogP contribution in [0, 0.1) is 17.8 Å². The SMILES string of the molecule is O=C(O)CCCC=CC1CC2CCC1C(NS(=O)(=O)c1ccc(Br)cc1)C2. The smallest absolute Gasteiger partial charge is 0.303 e. The second-order valence-electron chi connectivity index (χ2n) is 7.64. The second-order valence-corrected chi connectivity index (χ2v) is 10.3. The molecule has 3 aliphatic rings. The third-order valence-electron chi connectivity index (χ3n) is 5.74. The largest absolute Gasteiger partial charge is 0.481 e. The Hall–Kier alpha value is -1.18. The van der Waals surface area contributed by atoms with Crippen molar-refractivity contribution in [1.29, 1.82) is 0 Å². The van der Waals surface area contributed by atoms with Gasteiger partial charge in [-0.2, -0.15) is 0 Å². The van der Waals surface area contributed by atoms with Gasteiger partial charge in [-0.25, -0.2) is 13.1 Å². The average molecular weight is 456 g/mol. The maximum atomic E-state index is 12.8. The van der Waals surface area contributed by atoms with Crippen molar-refractivity contribution in [3.8, 4) is 0 Å². The van der Waals surface area contributed by atoms with E-state index in [1.165, 1.54) is 6.42 Å². The molecule has 4 unspecified atom stereocenters. The van der Waals surface area contributed by atoms with Crippen LogP contribution < -0.4 is 4.72 Å². The van der Waals surface area contributed by atoms with Gasteiger partial charge in [0.25, 0.3) is 0 Å². The van der Waals surface area contributed by atoms with E-state index in [1.54, 1.807) is 24.3 Å². The van der Waals surface area contributed by atoms with E-state index in [4.69, 9.17) is 5.11 Å². The number of carbonyl (C=O) groups is 1. The van der Waals surface area contributed by atoms with Crippen LogP contribution in [0.1, 0.15) is 44.9 Å². The van der Waals surface area contributed by atoms with Crippen LogP contribution >= 0.6 is 15.9 Å². The Kier molecular flexibility index (Phi) is 6.76. The van der Waals surface area contributed by atoms with Crippen molar-refractivity contribution in [3.63, 3.8) is 0 Å². The van der Waals surface area contributed by atoms with Gasteiger partial charge in [-0.3, -0.25) is 4.79 Å². The van der Waals surface area contributed by atoms with Crippen LogP contribution in [0.15, 0.2) is 45.8 Å². The molecule has 7 heteroatoms. The Balaban J connectivity index is 1.63. The first-order valence-corrected chi connectivity index (χ1v) is 11.8. The summed E-state index contributed by atoms with van der Waals surface area (Å²) in [6.07, 6.45) is 10.1. The molecule has 0 amide bonds. The molecule has 27 heavy (non-hydrogen) atoms. The molecule has 2 bridgehead atoms. The van der Waals surface area contributed by atoms with Crippen molar-refractivity contribution in [3.05, 3.63) is 40.9 Å². The first kappa shape index (κ1) is 20.6. The second kappa shape index (κ2) is 8.88. The third kappa shape index (κ3) is 5.42. The Morgan fingerprint density at radius 2 is 1.96 bits per heavy atom. The Morgan fingerprint density at radius 1 is 1.22 bits per heavy atom. The van der Waals surface area contributed by atoms with E-state index in [-0.39, 0.29) is 12.5 Å². The predicted molar refractivity (Wildman–Crippen MR) is 108 cm³/mol. The van der Waals surface area contributed by atoms with Crippen molar-refractivity contribution in [2.45, 2.75) is 55.9 Å². The van der Waals surface area contributed by atoms with Gasteiger partial charge in [0, 0.05) is 16.9 Å². The number of aliphatic carboxylic acids is 1. The van der Waals surface area contributed by atoms with Crippen molar-refractivity contribution >= 4 is 31.9 Å². The topological polar surface area (TPSA) is 83.5 Å². The lowest BCUT2D eigenvalue weighted by Gasteiger charge is -2.46. The molecule has 148 valence electrons. The zero-order chi connectivity index (χ0) is 19.4. The van der Waals surface area contributed by atoms with Gasteiger partial charge in [0.2, 0.25) is 10.0 Å². The molecule has 0 saturated heterocycles. The highest BCUT2D eigenvalue weighted by atomic mass is 79.9. The van der Waals surface area contributed by atoms with Crippen LogP contribution in [0.3, 0.4) is 0 Å². The number of nitrogens with one attached hydrogen (secondary N) is 1.